The first kappa shape index (κ1) is 14.3. The average Bonchev–Trinajstić information content (AvgIpc) is 2.37. The zero-order valence-electron chi connectivity index (χ0n) is 9.65. The SMILES string of the molecule is CCOc1nc(NN)nc(NCC(F)(F)CO)n1. The van der Waals surface area contributed by atoms with Gasteiger partial charge in [-0.3, -0.25) is 5.43 Å². The number of nitrogens with one attached hydrogen (secondary N) is 2. The largest absolute Gasteiger partial charge is 0.464 e. The number of alkyl halides is 2. The van der Waals surface area contributed by atoms with Crippen molar-refractivity contribution in [3.63, 3.8) is 0 Å². The Kier molecular flexibility index (Phi) is 4.92. The third-order valence-corrected chi connectivity index (χ3v) is 1.75. The van der Waals surface area contributed by atoms with Gasteiger partial charge in [0.15, 0.2) is 0 Å². The van der Waals surface area contributed by atoms with Crippen LogP contribution >= 0.6 is 0 Å². The van der Waals surface area contributed by atoms with E-state index in [1.807, 2.05) is 0 Å². The molecule has 0 spiro atoms. The molecule has 0 radical (unpaired) electrons. The number of rotatable bonds is 7. The fraction of sp³-hybridized carbons (Fsp3) is 0.625. The number of hydrazine groups is 1. The second kappa shape index (κ2) is 6.21. The predicted octanol–water partition coefficient (Wildman–Crippen LogP) is -0.405. The zero-order chi connectivity index (χ0) is 13.6. The maximum Gasteiger partial charge on any atom is 0.323 e. The lowest BCUT2D eigenvalue weighted by atomic mass is 10.3. The molecule has 0 aromatic carbocycles. The number of hydrogen-bond donors (Lipinski definition) is 4. The Morgan fingerprint density at radius 1 is 1.33 bits per heavy atom. The van der Waals surface area contributed by atoms with E-state index < -0.39 is 19.1 Å². The van der Waals surface area contributed by atoms with Crippen molar-refractivity contribution < 1.29 is 18.6 Å². The van der Waals surface area contributed by atoms with Crippen LogP contribution in [0, 0.1) is 0 Å². The second-order valence-corrected chi connectivity index (χ2v) is 3.21. The third kappa shape index (κ3) is 4.22. The fourth-order valence-corrected chi connectivity index (χ4v) is 0.958. The van der Waals surface area contributed by atoms with Crippen LogP contribution in [0.15, 0.2) is 0 Å². The minimum absolute atomic E-state index is 0.0248. The lowest BCUT2D eigenvalue weighted by Gasteiger charge is -2.14. The van der Waals surface area contributed by atoms with Crippen LogP contribution in [0.1, 0.15) is 6.92 Å². The number of aromatic nitrogens is 3. The van der Waals surface area contributed by atoms with Crippen molar-refractivity contribution in [2.75, 3.05) is 30.5 Å². The third-order valence-electron chi connectivity index (χ3n) is 1.75. The Morgan fingerprint density at radius 2 is 2.00 bits per heavy atom. The quantitative estimate of drug-likeness (QED) is 0.388. The van der Waals surface area contributed by atoms with Crippen molar-refractivity contribution in [1.82, 2.24) is 15.0 Å². The summed E-state index contributed by atoms with van der Waals surface area (Å²) in [6.45, 7) is -0.0684. The van der Waals surface area contributed by atoms with Crippen LogP contribution in [0.2, 0.25) is 0 Å². The van der Waals surface area contributed by atoms with Crippen LogP contribution < -0.4 is 21.3 Å². The molecule has 102 valence electrons. The smallest absolute Gasteiger partial charge is 0.323 e. The molecule has 0 unspecified atom stereocenters. The van der Waals surface area contributed by atoms with Crippen LogP contribution in [0.4, 0.5) is 20.7 Å². The van der Waals surface area contributed by atoms with E-state index in [1.165, 1.54) is 0 Å². The number of aliphatic hydroxyl groups is 1. The number of hydrogen-bond acceptors (Lipinski definition) is 8. The molecule has 0 aliphatic carbocycles. The van der Waals surface area contributed by atoms with Gasteiger partial charge < -0.3 is 15.2 Å². The van der Waals surface area contributed by atoms with Crippen LogP contribution in [-0.4, -0.2) is 45.7 Å². The van der Waals surface area contributed by atoms with Crippen molar-refractivity contribution in [3.8, 4) is 6.01 Å². The number of nitrogen functional groups attached to an aromatic ring is 1. The molecule has 10 heteroatoms. The van der Waals surface area contributed by atoms with E-state index >= 15 is 0 Å². The van der Waals surface area contributed by atoms with E-state index in [2.05, 4.69) is 25.7 Å². The molecule has 0 saturated carbocycles. The summed E-state index contributed by atoms with van der Waals surface area (Å²) in [6.07, 6.45) is 0. The maximum atomic E-state index is 12.8. The highest BCUT2D eigenvalue weighted by Gasteiger charge is 2.27. The highest BCUT2D eigenvalue weighted by molar-refractivity contribution is 5.35. The van der Waals surface area contributed by atoms with E-state index in [9.17, 15) is 8.78 Å². The highest BCUT2D eigenvalue weighted by atomic mass is 19.3. The zero-order valence-corrected chi connectivity index (χ0v) is 9.65. The van der Waals surface area contributed by atoms with Crippen LogP contribution in [0.3, 0.4) is 0 Å². The highest BCUT2D eigenvalue weighted by Crippen LogP contribution is 2.15. The van der Waals surface area contributed by atoms with Gasteiger partial charge in [0.2, 0.25) is 11.9 Å². The van der Waals surface area contributed by atoms with Gasteiger partial charge >= 0.3 is 6.01 Å². The first-order valence-electron chi connectivity index (χ1n) is 5.09. The van der Waals surface area contributed by atoms with Crippen molar-refractivity contribution in [2.24, 2.45) is 5.84 Å². The molecular weight excluding hydrogens is 250 g/mol. The summed E-state index contributed by atoms with van der Waals surface area (Å²) in [6, 6.07) is -0.0461. The van der Waals surface area contributed by atoms with E-state index in [0.29, 0.717) is 6.61 Å². The molecular formula is C8H14F2N6O2. The Balaban J connectivity index is 2.78. The molecule has 0 aliphatic heterocycles. The molecule has 1 aromatic heterocycles. The monoisotopic (exact) mass is 264 g/mol. The molecule has 0 saturated heterocycles. The van der Waals surface area contributed by atoms with E-state index in [0.717, 1.165) is 0 Å². The molecule has 0 fully saturated rings. The fourth-order valence-electron chi connectivity index (χ4n) is 0.958. The van der Waals surface area contributed by atoms with Crippen LogP contribution in [0.25, 0.3) is 0 Å². The number of halogens is 2. The molecule has 1 heterocycles. The van der Waals surface area contributed by atoms with Crippen molar-refractivity contribution >= 4 is 11.9 Å². The average molecular weight is 264 g/mol. The van der Waals surface area contributed by atoms with Crippen molar-refractivity contribution in [1.29, 1.82) is 0 Å². The van der Waals surface area contributed by atoms with Crippen molar-refractivity contribution in [3.05, 3.63) is 0 Å². The van der Waals surface area contributed by atoms with E-state index in [4.69, 9.17) is 15.7 Å². The minimum Gasteiger partial charge on any atom is -0.464 e. The normalized spacial score (nSPS) is 11.2. The van der Waals surface area contributed by atoms with Gasteiger partial charge in [0, 0.05) is 0 Å². The van der Waals surface area contributed by atoms with Crippen LogP contribution in [0.5, 0.6) is 6.01 Å². The summed E-state index contributed by atoms with van der Waals surface area (Å²) >= 11 is 0. The van der Waals surface area contributed by atoms with E-state index in [1.54, 1.807) is 6.92 Å². The molecule has 5 N–H and O–H groups in total. The first-order chi connectivity index (χ1) is 8.50. The second-order valence-electron chi connectivity index (χ2n) is 3.21. The molecule has 0 amide bonds. The van der Waals surface area contributed by atoms with Crippen LogP contribution in [-0.2, 0) is 0 Å². The number of nitrogens with zero attached hydrogens (tertiary/aromatic N) is 3. The maximum absolute atomic E-state index is 12.8. The topological polar surface area (TPSA) is 118 Å². The first-order valence-corrected chi connectivity index (χ1v) is 5.09. The van der Waals surface area contributed by atoms with Gasteiger partial charge in [0.25, 0.3) is 5.92 Å². The lowest BCUT2D eigenvalue weighted by molar-refractivity contribution is -0.0374. The van der Waals surface area contributed by atoms with Gasteiger partial charge in [-0.2, -0.15) is 15.0 Å². The summed E-state index contributed by atoms with van der Waals surface area (Å²) < 4.78 is 30.6. The summed E-state index contributed by atoms with van der Waals surface area (Å²) in [5.74, 6) is 1.69. The molecule has 0 atom stereocenters. The van der Waals surface area contributed by atoms with Gasteiger partial charge in [0.05, 0.1) is 13.2 Å². The van der Waals surface area contributed by atoms with E-state index in [-0.39, 0.29) is 17.9 Å². The summed E-state index contributed by atoms with van der Waals surface area (Å²) in [7, 11) is 0. The number of nitrogens with two attached hydrogens (primary N) is 1. The number of anilines is 2. The van der Waals surface area contributed by atoms with Gasteiger partial charge in [-0.15, -0.1) is 0 Å². The summed E-state index contributed by atoms with van der Waals surface area (Å²) in [4.78, 5) is 11.2. The Hall–Kier alpha value is -1.81. The van der Waals surface area contributed by atoms with Crippen molar-refractivity contribution in [2.45, 2.75) is 12.8 Å². The molecule has 0 aliphatic rings. The molecule has 18 heavy (non-hydrogen) atoms. The Labute approximate surface area is 102 Å². The Morgan fingerprint density at radius 3 is 2.56 bits per heavy atom. The van der Waals surface area contributed by atoms with Gasteiger partial charge in [0.1, 0.15) is 6.61 Å². The molecule has 8 nitrogen and oxygen atoms in total. The van der Waals surface area contributed by atoms with Gasteiger partial charge in [-0.1, -0.05) is 0 Å². The predicted molar refractivity (Wildman–Crippen MR) is 59.3 cm³/mol. The number of ether oxygens (including phenoxy) is 1. The molecule has 0 bridgehead atoms. The van der Waals surface area contributed by atoms with Gasteiger partial charge in [-0.25, -0.2) is 14.6 Å². The van der Waals surface area contributed by atoms with Gasteiger partial charge in [-0.05, 0) is 6.92 Å². The Bertz CT molecular complexity index is 392. The lowest BCUT2D eigenvalue weighted by Crippen LogP contribution is -2.31. The molecule has 1 aromatic rings. The molecule has 1 rings (SSSR count). The summed E-state index contributed by atoms with van der Waals surface area (Å²) in [5.41, 5.74) is 2.16. The number of aliphatic hydroxyl groups excluding tert-OH is 1. The minimum atomic E-state index is -3.27. The summed E-state index contributed by atoms with van der Waals surface area (Å²) in [5, 5.41) is 10.7. The standard InChI is InChI=1S/C8H14F2N6O2/c1-2-18-7-14-5(13-6(15-7)16-11)12-3-8(9,10)4-17/h17H,2-4,11H2,1H3,(H2,12,13,14,15,16).